The summed E-state index contributed by atoms with van der Waals surface area (Å²) in [7, 11) is 0. The number of thiophene rings is 1. The molecule has 0 aromatic carbocycles. The zero-order chi connectivity index (χ0) is 14.7. The normalized spacial score (nSPS) is 17.1. The lowest BCUT2D eigenvalue weighted by Crippen LogP contribution is -2.28. The molecule has 3 nitrogen and oxygen atoms in total. The van der Waals surface area contributed by atoms with E-state index in [0.29, 0.717) is 6.04 Å². The maximum Gasteiger partial charge on any atom is 0.273 e. The van der Waals surface area contributed by atoms with E-state index in [2.05, 4.69) is 15.9 Å². The van der Waals surface area contributed by atoms with Crippen molar-refractivity contribution in [1.29, 1.82) is 0 Å². The number of carbonyl (C=O) groups is 1. The molecule has 0 aliphatic heterocycles. The number of aromatic nitrogens is 1. The van der Waals surface area contributed by atoms with Crippen molar-refractivity contribution in [3.8, 4) is 0 Å². The summed E-state index contributed by atoms with van der Waals surface area (Å²) in [6.07, 6.45) is 7.86. The molecule has 110 valence electrons. The second-order valence-electron chi connectivity index (χ2n) is 5.26. The van der Waals surface area contributed by atoms with Crippen LogP contribution in [-0.4, -0.2) is 16.5 Å². The van der Waals surface area contributed by atoms with Gasteiger partial charge in [-0.05, 0) is 53.0 Å². The van der Waals surface area contributed by atoms with Gasteiger partial charge in [0.25, 0.3) is 5.91 Å². The molecule has 21 heavy (non-hydrogen) atoms. The first-order valence-electron chi connectivity index (χ1n) is 7.25. The van der Waals surface area contributed by atoms with Gasteiger partial charge in [-0.2, -0.15) is 0 Å². The fraction of sp³-hybridized carbons (Fsp3) is 0.375. The molecule has 0 bridgehead atoms. The van der Waals surface area contributed by atoms with Crippen molar-refractivity contribution in [1.82, 2.24) is 4.57 Å². The molecule has 5 heteroatoms. The maximum absolute atomic E-state index is 12.6. The van der Waals surface area contributed by atoms with E-state index in [1.165, 1.54) is 30.6 Å². The number of hydrogen-bond acceptors (Lipinski definition) is 3. The van der Waals surface area contributed by atoms with E-state index in [0.717, 1.165) is 27.0 Å². The molecule has 3 rings (SSSR count). The fourth-order valence-corrected chi connectivity index (χ4v) is 3.98. The zero-order valence-corrected chi connectivity index (χ0v) is 14.1. The third kappa shape index (κ3) is 3.52. The predicted molar refractivity (Wildman–Crippen MR) is 88.6 cm³/mol. The van der Waals surface area contributed by atoms with Crippen LogP contribution in [0.2, 0.25) is 0 Å². The topological polar surface area (TPSA) is 34.4 Å². The van der Waals surface area contributed by atoms with Gasteiger partial charge in [0.2, 0.25) is 0 Å². The molecule has 0 radical (unpaired) electrons. The van der Waals surface area contributed by atoms with Crippen LogP contribution in [0.1, 0.15) is 41.8 Å². The minimum absolute atomic E-state index is 0.0131. The second-order valence-corrected chi connectivity index (χ2v) is 7.72. The van der Waals surface area contributed by atoms with Gasteiger partial charge in [0.05, 0.1) is 14.7 Å². The lowest BCUT2D eigenvalue weighted by atomic mass is 9.96. The van der Waals surface area contributed by atoms with Crippen LogP contribution in [0.15, 0.2) is 45.3 Å². The first-order chi connectivity index (χ1) is 10.2. The van der Waals surface area contributed by atoms with Crippen molar-refractivity contribution in [3.05, 3.63) is 50.7 Å². The first-order valence-corrected chi connectivity index (χ1v) is 8.86. The van der Waals surface area contributed by atoms with Gasteiger partial charge in [0.15, 0.2) is 0 Å². The second kappa shape index (κ2) is 6.71. The highest BCUT2D eigenvalue weighted by Crippen LogP contribution is 2.23. The summed E-state index contributed by atoms with van der Waals surface area (Å²) in [6.45, 7) is 0. The molecule has 0 spiro atoms. The Morgan fingerprint density at radius 2 is 2.00 bits per heavy atom. The Labute approximate surface area is 136 Å². The van der Waals surface area contributed by atoms with E-state index in [9.17, 15) is 4.79 Å². The highest BCUT2D eigenvalue weighted by molar-refractivity contribution is 9.11. The van der Waals surface area contributed by atoms with Crippen LogP contribution in [0, 0.1) is 0 Å². The summed E-state index contributed by atoms with van der Waals surface area (Å²) in [5, 5.41) is 0. The molecule has 0 N–H and O–H groups in total. The fourth-order valence-electron chi connectivity index (χ4n) is 2.66. The van der Waals surface area contributed by atoms with Crippen LogP contribution in [0.25, 0.3) is 0 Å². The van der Waals surface area contributed by atoms with E-state index >= 15 is 0 Å². The molecule has 1 aliphatic rings. The number of pyridine rings is 1. The Kier molecular flexibility index (Phi) is 4.70. The molecule has 0 amide bonds. The third-order valence-corrected chi connectivity index (χ3v) is 5.34. The molecule has 1 aliphatic carbocycles. The summed E-state index contributed by atoms with van der Waals surface area (Å²) in [5.74, 6) is -0.0131. The standard InChI is InChI=1S/C16H17BrN2OS/c17-14-10-9-13(21-14)16(20)19-11-5-4-8-15(19)18-12-6-2-1-3-7-12/h4-5,8-12H,1-3,6-7H2. The van der Waals surface area contributed by atoms with Gasteiger partial charge in [0, 0.05) is 6.20 Å². The summed E-state index contributed by atoms with van der Waals surface area (Å²) in [4.78, 5) is 18.1. The molecule has 2 aromatic rings. The minimum Gasteiger partial charge on any atom is -0.267 e. The Morgan fingerprint density at radius 1 is 1.19 bits per heavy atom. The first kappa shape index (κ1) is 14.7. The zero-order valence-electron chi connectivity index (χ0n) is 11.7. The molecule has 0 saturated heterocycles. The largest absolute Gasteiger partial charge is 0.273 e. The molecule has 2 aromatic heterocycles. The maximum atomic E-state index is 12.6. The van der Waals surface area contributed by atoms with Crippen molar-refractivity contribution in [2.24, 2.45) is 4.99 Å². The number of hydrogen-bond donors (Lipinski definition) is 0. The molecule has 0 atom stereocenters. The lowest BCUT2D eigenvalue weighted by molar-refractivity contribution is 0.0958. The van der Waals surface area contributed by atoms with E-state index in [4.69, 9.17) is 4.99 Å². The van der Waals surface area contributed by atoms with Crippen LogP contribution in [0.4, 0.5) is 0 Å². The number of nitrogens with zero attached hydrogens (tertiary/aromatic N) is 2. The van der Waals surface area contributed by atoms with Gasteiger partial charge >= 0.3 is 0 Å². The van der Waals surface area contributed by atoms with Gasteiger partial charge in [-0.25, -0.2) is 0 Å². The van der Waals surface area contributed by atoms with Gasteiger partial charge < -0.3 is 0 Å². The van der Waals surface area contributed by atoms with E-state index < -0.39 is 0 Å². The molecule has 1 saturated carbocycles. The quantitative estimate of drug-likeness (QED) is 0.784. The van der Waals surface area contributed by atoms with Crippen LogP contribution >= 0.6 is 27.3 Å². The number of carbonyl (C=O) groups excluding carboxylic acids is 1. The highest BCUT2D eigenvalue weighted by Gasteiger charge is 2.14. The summed E-state index contributed by atoms with van der Waals surface area (Å²) < 4.78 is 2.63. The molecule has 0 unspecified atom stereocenters. The third-order valence-electron chi connectivity index (χ3n) is 3.73. The Balaban J connectivity index is 1.95. The van der Waals surface area contributed by atoms with E-state index in [1.54, 1.807) is 10.8 Å². The average Bonchev–Trinajstić information content (AvgIpc) is 2.95. The van der Waals surface area contributed by atoms with Crippen molar-refractivity contribution in [3.63, 3.8) is 0 Å². The summed E-state index contributed by atoms with van der Waals surface area (Å²) in [5.41, 5.74) is 0.763. The number of rotatable bonds is 2. The van der Waals surface area contributed by atoms with Crippen LogP contribution in [-0.2, 0) is 0 Å². The molecule has 2 heterocycles. The predicted octanol–water partition coefficient (Wildman–Crippen LogP) is 4.23. The van der Waals surface area contributed by atoms with Crippen molar-refractivity contribution in [2.75, 3.05) is 0 Å². The van der Waals surface area contributed by atoms with E-state index in [1.807, 2.05) is 30.3 Å². The molecular formula is C16H17BrN2OS. The van der Waals surface area contributed by atoms with Gasteiger partial charge in [-0.15, -0.1) is 11.3 Å². The van der Waals surface area contributed by atoms with Crippen molar-refractivity contribution >= 4 is 33.2 Å². The van der Waals surface area contributed by atoms with Crippen LogP contribution < -0.4 is 5.49 Å². The number of halogens is 1. The monoisotopic (exact) mass is 364 g/mol. The highest BCUT2D eigenvalue weighted by atomic mass is 79.9. The smallest absolute Gasteiger partial charge is 0.267 e. The average molecular weight is 365 g/mol. The SMILES string of the molecule is O=C(c1ccc(Br)s1)n1ccccc1=NC1CCCCC1. The minimum atomic E-state index is -0.0131. The molecular weight excluding hydrogens is 348 g/mol. The van der Waals surface area contributed by atoms with Crippen molar-refractivity contribution in [2.45, 2.75) is 38.1 Å². The summed E-state index contributed by atoms with van der Waals surface area (Å²) in [6, 6.07) is 9.85. The Morgan fingerprint density at radius 3 is 2.71 bits per heavy atom. The van der Waals surface area contributed by atoms with Gasteiger partial charge in [-0.1, -0.05) is 25.3 Å². The van der Waals surface area contributed by atoms with Crippen molar-refractivity contribution < 1.29 is 4.79 Å². The Hall–Kier alpha value is -1.20. The van der Waals surface area contributed by atoms with Crippen LogP contribution in [0.5, 0.6) is 0 Å². The van der Waals surface area contributed by atoms with E-state index in [-0.39, 0.29) is 5.91 Å². The lowest BCUT2D eigenvalue weighted by Gasteiger charge is -2.17. The van der Waals surface area contributed by atoms with Crippen LogP contribution in [0.3, 0.4) is 0 Å². The molecule has 1 fully saturated rings. The van der Waals surface area contributed by atoms with Gasteiger partial charge in [-0.3, -0.25) is 14.4 Å². The Bertz CT molecular complexity index is 698. The summed E-state index contributed by atoms with van der Waals surface area (Å²) >= 11 is 4.85. The van der Waals surface area contributed by atoms with Gasteiger partial charge in [0.1, 0.15) is 5.49 Å².